The molecule has 1 aliphatic heterocycles. The number of carbonyl (C=O) groups is 1. The number of nitro benzene ring substituents is 1. The Morgan fingerprint density at radius 3 is 2.76 bits per heavy atom. The summed E-state index contributed by atoms with van der Waals surface area (Å²) in [7, 11) is -3.01. The van der Waals surface area contributed by atoms with E-state index in [2.05, 4.69) is 5.32 Å². The minimum Gasteiger partial charge on any atom is -0.326 e. The van der Waals surface area contributed by atoms with Crippen LogP contribution in [0.2, 0.25) is 0 Å². The molecular weight excluding hydrogens is 296 g/mol. The predicted octanol–water partition coefficient (Wildman–Crippen LogP) is 1.67. The molecule has 1 amide bonds. The summed E-state index contributed by atoms with van der Waals surface area (Å²) in [6, 6.07) is 4.24. The molecule has 1 heterocycles. The van der Waals surface area contributed by atoms with Gasteiger partial charge in [0.15, 0.2) is 9.84 Å². The summed E-state index contributed by atoms with van der Waals surface area (Å²) in [5.74, 6) is -0.329. The van der Waals surface area contributed by atoms with E-state index in [1.54, 1.807) is 13.0 Å². The van der Waals surface area contributed by atoms with Crippen LogP contribution in [0.1, 0.15) is 18.4 Å². The zero-order chi connectivity index (χ0) is 15.6. The summed E-state index contributed by atoms with van der Waals surface area (Å²) in [5.41, 5.74) is 1.00. The van der Waals surface area contributed by atoms with Crippen molar-refractivity contribution in [1.29, 1.82) is 0 Å². The van der Waals surface area contributed by atoms with Gasteiger partial charge in [-0.3, -0.25) is 14.9 Å². The van der Waals surface area contributed by atoms with Crippen molar-refractivity contribution in [1.82, 2.24) is 0 Å². The number of nitrogens with zero attached hydrogens (tertiary/aromatic N) is 1. The zero-order valence-corrected chi connectivity index (χ0v) is 12.4. The van der Waals surface area contributed by atoms with Crippen LogP contribution < -0.4 is 5.32 Å². The van der Waals surface area contributed by atoms with Crippen LogP contribution in [0.25, 0.3) is 0 Å². The number of rotatable bonds is 4. The lowest BCUT2D eigenvalue weighted by atomic mass is 10.0. The SMILES string of the molecule is Cc1ccc([N+](=O)[O-])cc1NC(=O)CC1CCS(=O)(=O)C1. The summed E-state index contributed by atoms with van der Waals surface area (Å²) in [4.78, 5) is 22.1. The van der Waals surface area contributed by atoms with Gasteiger partial charge in [-0.15, -0.1) is 0 Å². The molecule has 8 heteroatoms. The Labute approximate surface area is 122 Å². The maximum atomic E-state index is 11.9. The van der Waals surface area contributed by atoms with Crippen molar-refractivity contribution >= 4 is 27.1 Å². The van der Waals surface area contributed by atoms with Crippen LogP contribution in [0.15, 0.2) is 18.2 Å². The minimum absolute atomic E-state index is 0.0361. The second kappa shape index (κ2) is 5.80. The first kappa shape index (κ1) is 15.4. The van der Waals surface area contributed by atoms with Gasteiger partial charge in [0.25, 0.3) is 5.69 Å². The summed E-state index contributed by atoms with van der Waals surface area (Å²) in [6.07, 6.45) is 0.602. The number of carbonyl (C=O) groups excluding carboxylic acids is 1. The molecule has 1 atom stereocenters. The highest BCUT2D eigenvalue weighted by Gasteiger charge is 2.29. The Morgan fingerprint density at radius 1 is 1.48 bits per heavy atom. The van der Waals surface area contributed by atoms with E-state index in [4.69, 9.17) is 0 Å². The summed E-state index contributed by atoms with van der Waals surface area (Å²) in [5, 5.41) is 13.3. The van der Waals surface area contributed by atoms with Gasteiger partial charge in [-0.2, -0.15) is 0 Å². The molecule has 1 aromatic carbocycles. The summed E-state index contributed by atoms with van der Waals surface area (Å²) >= 11 is 0. The monoisotopic (exact) mass is 312 g/mol. The molecule has 1 unspecified atom stereocenters. The highest BCUT2D eigenvalue weighted by Crippen LogP contribution is 2.24. The lowest BCUT2D eigenvalue weighted by Gasteiger charge is -2.10. The van der Waals surface area contributed by atoms with Crippen LogP contribution >= 0.6 is 0 Å². The molecule has 0 aliphatic carbocycles. The number of hydrogen-bond acceptors (Lipinski definition) is 5. The van der Waals surface area contributed by atoms with Crippen molar-refractivity contribution in [3.63, 3.8) is 0 Å². The maximum Gasteiger partial charge on any atom is 0.271 e. The minimum atomic E-state index is -3.01. The Kier molecular flexibility index (Phi) is 4.26. The number of anilines is 1. The van der Waals surface area contributed by atoms with E-state index in [1.807, 2.05) is 0 Å². The van der Waals surface area contributed by atoms with Crippen molar-refractivity contribution < 1.29 is 18.1 Å². The number of non-ortho nitro benzene ring substituents is 1. The Hall–Kier alpha value is -1.96. The molecule has 1 fully saturated rings. The normalized spacial score (nSPS) is 20.1. The Morgan fingerprint density at radius 2 is 2.19 bits per heavy atom. The molecule has 0 radical (unpaired) electrons. The van der Waals surface area contributed by atoms with Crippen molar-refractivity contribution in [3.05, 3.63) is 33.9 Å². The van der Waals surface area contributed by atoms with E-state index < -0.39 is 14.8 Å². The second-order valence-corrected chi connectivity index (χ2v) is 7.51. The largest absolute Gasteiger partial charge is 0.326 e. The third-order valence-electron chi connectivity index (χ3n) is 3.51. The molecular formula is C13H16N2O5S. The van der Waals surface area contributed by atoms with E-state index in [9.17, 15) is 23.3 Å². The van der Waals surface area contributed by atoms with Crippen molar-refractivity contribution in [2.24, 2.45) is 5.92 Å². The van der Waals surface area contributed by atoms with E-state index in [0.717, 1.165) is 0 Å². The highest BCUT2D eigenvalue weighted by atomic mass is 32.2. The van der Waals surface area contributed by atoms with E-state index in [1.165, 1.54) is 12.1 Å². The topological polar surface area (TPSA) is 106 Å². The lowest BCUT2D eigenvalue weighted by Crippen LogP contribution is -2.18. The molecule has 2 rings (SSSR count). The third kappa shape index (κ3) is 4.01. The van der Waals surface area contributed by atoms with Gasteiger partial charge in [0, 0.05) is 18.6 Å². The number of hydrogen-bond donors (Lipinski definition) is 1. The molecule has 114 valence electrons. The highest BCUT2D eigenvalue weighted by molar-refractivity contribution is 7.91. The first-order chi connectivity index (χ1) is 9.77. The first-order valence-electron chi connectivity index (χ1n) is 6.52. The molecule has 0 bridgehead atoms. The van der Waals surface area contributed by atoms with Crippen LogP contribution in [0.4, 0.5) is 11.4 Å². The number of amides is 1. The number of benzene rings is 1. The third-order valence-corrected chi connectivity index (χ3v) is 5.34. The average molecular weight is 312 g/mol. The van der Waals surface area contributed by atoms with Gasteiger partial charge in [0.05, 0.1) is 22.1 Å². The number of nitrogens with one attached hydrogen (secondary N) is 1. The quantitative estimate of drug-likeness (QED) is 0.672. The molecule has 0 aromatic heterocycles. The smallest absolute Gasteiger partial charge is 0.271 e. The van der Waals surface area contributed by atoms with Crippen LogP contribution in [0.5, 0.6) is 0 Å². The Balaban J connectivity index is 2.03. The maximum absolute atomic E-state index is 11.9. The van der Waals surface area contributed by atoms with E-state index >= 15 is 0 Å². The van der Waals surface area contributed by atoms with Gasteiger partial charge in [-0.05, 0) is 24.8 Å². The standard InChI is InChI=1S/C13H16N2O5S/c1-9-2-3-11(15(17)18)7-12(9)14-13(16)6-10-4-5-21(19,20)8-10/h2-3,7,10H,4-6,8H2,1H3,(H,14,16). The van der Waals surface area contributed by atoms with Crippen molar-refractivity contribution in [2.75, 3.05) is 16.8 Å². The van der Waals surface area contributed by atoms with Gasteiger partial charge in [-0.25, -0.2) is 8.42 Å². The van der Waals surface area contributed by atoms with Gasteiger partial charge in [0.1, 0.15) is 0 Å². The van der Waals surface area contributed by atoms with Crippen LogP contribution in [0, 0.1) is 23.0 Å². The predicted molar refractivity (Wildman–Crippen MR) is 77.8 cm³/mol. The molecule has 1 aliphatic rings. The summed E-state index contributed by atoms with van der Waals surface area (Å²) in [6.45, 7) is 1.74. The molecule has 0 spiro atoms. The lowest BCUT2D eigenvalue weighted by molar-refractivity contribution is -0.384. The fraction of sp³-hybridized carbons (Fsp3) is 0.462. The fourth-order valence-electron chi connectivity index (χ4n) is 2.35. The van der Waals surface area contributed by atoms with E-state index in [-0.39, 0.29) is 35.4 Å². The number of nitro groups is 1. The zero-order valence-electron chi connectivity index (χ0n) is 11.5. The van der Waals surface area contributed by atoms with Crippen molar-refractivity contribution in [2.45, 2.75) is 19.8 Å². The molecule has 1 saturated heterocycles. The molecule has 21 heavy (non-hydrogen) atoms. The van der Waals surface area contributed by atoms with Gasteiger partial charge in [0.2, 0.25) is 5.91 Å². The molecule has 1 N–H and O–H groups in total. The summed E-state index contributed by atoms with van der Waals surface area (Å²) < 4.78 is 22.7. The van der Waals surface area contributed by atoms with Crippen molar-refractivity contribution in [3.8, 4) is 0 Å². The second-order valence-electron chi connectivity index (χ2n) is 5.28. The van der Waals surface area contributed by atoms with Gasteiger partial charge < -0.3 is 5.32 Å². The van der Waals surface area contributed by atoms with Gasteiger partial charge >= 0.3 is 0 Å². The molecule has 1 aromatic rings. The van der Waals surface area contributed by atoms with Crippen LogP contribution in [0.3, 0.4) is 0 Å². The van der Waals surface area contributed by atoms with Crippen LogP contribution in [-0.4, -0.2) is 30.8 Å². The van der Waals surface area contributed by atoms with E-state index in [0.29, 0.717) is 17.7 Å². The first-order valence-corrected chi connectivity index (χ1v) is 8.34. The molecule has 7 nitrogen and oxygen atoms in total. The fourth-order valence-corrected chi connectivity index (χ4v) is 4.22. The number of sulfone groups is 1. The van der Waals surface area contributed by atoms with Crippen LogP contribution in [-0.2, 0) is 14.6 Å². The average Bonchev–Trinajstić information content (AvgIpc) is 2.71. The number of aryl methyl sites for hydroxylation is 1. The Bertz CT molecular complexity index is 684. The van der Waals surface area contributed by atoms with Gasteiger partial charge in [-0.1, -0.05) is 6.07 Å². The molecule has 0 saturated carbocycles.